The third kappa shape index (κ3) is 2.66. The Morgan fingerprint density at radius 1 is 1.14 bits per heavy atom. The van der Waals surface area contributed by atoms with Crippen LogP contribution in [0.4, 0.5) is 0 Å². The Balaban J connectivity index is 2.12. The van der Waals surface area contributed by atoms with Crippen molar-refractivity contribution in [3.8, 4) is 0 Å². The van der Waals surface area contributed by atoms with Crippen molar-refractivity contribution in [3.63, 3.8) is 0 Å². The zero-order valence-corrected chi connectivity index (χ0v) is 11.5. The molecule has 3 aromatic rings. The highest BCUT2D eigenvalue weighted by Gasteiger charge is 2.07. The molecule has 0 saturated heterocycles. The smallest absolute Gasteiger partial charge is 0.269 e. The zero-order chi connectivity index (χ0) is 14.8. The minimum absolute atomic E-state index is 0.204. The first-order chi connectivity index (χ1) is 10.2. The lowest BCUT2D eigenvalue weighted by atomic mass is 10.2. The summed E-state index contributed by atoms with van der Waals surface area (Å²) in [7, 11) is 0. The van der Waals surface area contributed by atoms with Crippen molar-refractivity contribution in [2.45, 2.75) is 6.54 Å². The molecule has 0 radical (unpaired) electrons. The summed E-state index contributed by atoms with van der Waals surface area (Å²) in [5.74, 6) is 0.466. The molecule has 0 unspecified atom stereocenters. The predicted octanol–water partition coefficient (Wildman–Crippen LogP) is 1.70. The molecule has 0 aliphatic rings. The molecule has 21 heavy (non-hydrogen) atoms. The Labute approximate surface area is 124 Å². The van der Waals surface area contributed by atoms with E-state index in [1.165, 1.54) is 23.2 Å². The maximum Gasteiger partial charge on any atom is 0.269 e. The van der Waals surface area contributed by atoms with Gasteiger partial charge in [0.15, 0.2) is 0 Å². The van der Waals surface area contributed by atoms with Crippen molar-refractivity contribution >= 4 is 28.9 Å². The minimum atomic E-state index is -0.264. The van der Waals surface area contributed by atoms with Crippen molar-refractivity contribution in [2.75, 3.05) is 0 Å². The molecule has 2 heterocycles. The second kappa shape index (κ2) is 5.41. The largest absolute Gasteiger partial charge is 0.298 e. The molecule has 2 aromatic heterocycles. The molecular weight excluding hydrogens is 292 g/mol. The standard InChI is InChI=1S/C14H9ClN4O2/c15-10-4-17-13(18-5-10)7-19-12-2-1-9(8-20)3-11(12)16-6-14(19)21/h1-6,8H,7H2. The number of fused-ring (bicyclic) bond motifs is 1. The molecule has 0 spiro atoms. The summed E-state index contributed by atoms with van der Waals surface area (Å²) in [6.45, 7) is 0.204. The van der Waals surface area contributed by atoms with E-state index in [9.17, 15) is 9.59 Å². The van der Waals surface area contributed by atoms with Crippen LogP contribution in [0.25, 0.3) is 11.0 Å². The minimum Gasteiger partial charge on any atom is -0.298 e. The van der Waals surface area contributed by atoms with Crippen LogP contribution in [0.5, 0.6) is 0 Å². The van der Waals surface area contributed by atoms with Gasteiger partial charge >= 0.3 is 0 Å². The van der Waals surface area contributed by atoms with E-state index in [-0.39, 0.29) is 12.1 Å². The van der Waals surface area contributed by atoms with Gasteiger partial charge in [-0.3, -0.25) is 14.2 Å². The van der Waals surface area contributed by atoms with Crippen LogP contribution >= 0.6 is 11.6 Å². The van der Waals surface area contributed by atoms with Gasteiger partial charge in [0, 0.05) is 18.0 Å². The van der Waals surface area contributed by atoms with Crippen molar-refractivity contribution in [1.82, 2.24) is 19.5 Å². The zero-order valence-electron chi connectivity index (χ0n) is 10.7. The third-order valence-corrected chi connectivity index (χ3v) is 3.17. The summed E-state index contributed by atoms with van der Waals surface area (Å²) >= 11 is 5.74. The molecule has 0 bridgehead atoms. The van der Waals surface area contributed by atoms with Crippen LogP contribution in [0.3, 0.4) is 0 Å². The maximum atomic E-state index is 12.0. The van der Waals surface area contributed by atoms with Crippen LogP contribution < -0.4 is 5.56 Å². The molecule has 0 fully saturated rings. The second-order valence-corrected chi connectivity index (χ2v) is 4.80. The summed E-state index contributed by atoms with van der Waals surface area (Å²) in [6.07, 6.45) is 4.90. The van der Waals surface area contributed by atoms with Crippen LogP contribution in [0.2, 0.25) is 5.02 Å². The van der Waals surface area contributed by atoms with Gasteiger partial charge < -0.3 is 0 Å². The molecule has 0 aliphatic carbocycles. The van der Waals surface area contributed by atoms with Crippen LogP contribution in [0.1, 0.15) is 16.2 Å². The number of nitrogens with zero attached hydrogens (tertiary/aromatic N) is 4. The molecule has 1 aromatic carbocycles. The molecule has 0 aliphatic heterocycles. The lowest BCUT2D eigenvalue weighted by molar-refractivity contribution is 0.112. The summed E-state index contributed by atoms with van der Waals surface area (Å²) < 4.78 is 1.50. The summed E-state index contributed by atoms with van der Waals surface area (Å²) in [6, 6.07) is 4.94. The van der Waals surface area contributed by atoms with Gasteiger partial charge in [0.05, 0.1) is 28.8 Å². The molecular formula is C14H9ClN4O2. The Morgan fingerprint density at radius 2 is 1.90 bits per heavy atom. The van der Waals surface area contributed by atoms with Gasteiger partial charge in [0.25, 0.3) is 5.56 Å². The van der Waals surface area contributed by atoms with E-state index in [4.69, 9.17) is 11.6 Å². The Hall–Kier alpha value is -2.60. The predicted molar refractivity (Wildman–Crippen MR) is 77.5 cm³/mol. The highest BCUT2D eigenvalue weighted by molar-refractivity contribution is 6.30. The van der Waals surface area contributed by atoms with Gasteiger partial charge in [-0.15, -0.1) is 0 Å². The SMILES string of the molecule is O=Cc1ccc2c(c1)ncc(=O)n2Cc1ncc(Cl)cn1. The number of benzene rings is 1. The van der Waals surface area contributed by atoms with E-state index < -0.39 is 0 Å². The molecule has 0 amide bonds. The monoisotopic (exact) mass is 300 g/mol. The molecule has 104 valence electrons. The fourth-order valence-corrected chi connectivity index (χ4v) is 2.08. The van der Waals surface area contributed by atoms with Gasteiger partial charge in [-0.05, 0) is 18.2 Å². The van der Waals surface area contributed by atoms with E-state index in [1.807, 2.05) is 0 Å². The Morgan fingerprint density at radius 3 is 2.62 bits per heavy atom. The summed E-state index contributed by atoms with van der Waals surface area (Å²) in [5, 5.41) is 0.432. The van der Waals surface area contributed by atoms with Gasteiger partial charge in [-0.25, -0.2) is 15.0 Å². The van der Waals surface area contributed by atoms with Crippen LogP contribution in [0, 0.1) is 0 Å². The topological polar surface area (TPSA) is 77.7 Å². The summed E-state index contributed by atoms with van der Waals surface area (Å²) in [4.78, 5) is 35.0. The second-order valence-electron chi connectivity index (χ2n) is 4.37. The van der Waals surface area contributed by atoms with Gasteiger partial charge in [-0.2, -0.15) is 0 Å². The first-order valence-corrected chi connectivity index (χ1v) is 6.46. The van der Waals surface area contributed by atoms with Crippen LogP contribution in [0.15, 0.2) is 41.6 Å². The number of rotatable bonds is 3. The van der Waals surface area contributed by atoms with E-state index in [0.29, 0.717) is 27.4 Å². The number of carbonyl (C=O) groups is 1. The van der Waals surface area contributed by atoms with Crippen molar-refractivity contribution in [3.05, 3.63) is 63.6 Å². The molecule has 0 saturated carbocycles. The first kappa shape index (κ1) is 13.4. The first-order valence-electron chi connectivity index (χ1n) is 6.08. The summed E-state index contributed by atoms with van der Waals surface area (Å²) in [5.41, 5.74) is 1.42. The van der Waals surface area contributed by atoms with Gasteiger partial charge in [-0.1, -0.05) is 11.6 Å². The average molecular weight is 301 g/mol. The highest BCUT2D eigenvalue weighted by atomic mass is 35.5. The Kier molecular flexibility index (Phi) is 3.45. The Bertz CT molecular complexity index is 874. The number of hydrogen-bond acceptors (Lipinski definition) is 5. The lowest BCUT2D eigenvalue weighted by Gasteiger charge is -2.08. The van der Waals surface area contributed by atoms with Crippen molar-refractivity contribution in [2.24, 2.45) is 0 Å². The van der Waals surface area contributed by atoms with E-state index in [0.717, 1.165) is 6.29 Å². The van der Waals surface area contributed by atoms with E-state index >= 15 is 0 Å². The maximum absolute atomic E-state index is 12.0. The highest BCUT2D eigenvalue weighted by Crippen LogP contribution is 2.12. The molecule has 0 atom stereocenters. The number of aldehydes is 1. The quantitative estimate of drug-likeness (QED) is 0.688. The van der Waals surface area contributed by atoms with Crippen molar-refractivity contribution in [1.29, 1.82) is 0 Å². The van der Waals surface area contributed by atoms with Crippen LogP contribution in [-0.2, 0) is 6.54 Å². The van der Waals surface area contributed by atoms with E-state index in [2.05, 4.69) is 15.0 Å². The number of halogens is 1. The normalized spacial score (nSPS) is 10.7. The number of hydrogen-bond donors (Lipinski definition) is 0. The molecule has 6 nitrogen and oxygen atoms in total. The molecule has 7 heteroatoms. The van der Waals surface area contributed by atoms with Crippen LogP contribution in [-0.4, -0.2) is 25.8 Å². The van der Waals surface area contributed by atoms with E-state index in [1.54, 1.807) is 18.2 Å². The average Bonchev–Trinajstić information content (AvgIpc) is 2.51. The fraction of sp³-hybridized carbons (Fsp3) is 0.0714. The van der Waals surface area contributed by atoms with Gasteiger partial charge in [0.2, 0.25) is 0 Å². The molecule has 0 N–H and O–H groups in total. The van der Waals surface area contributed by atoms with Crippen molar-refractivity contribution < 1.29 is 4.79 Å². The molecule has 3 rings (SSSR count). The third-order valence-electron chi connectivity index (χ3n) is 2.98. The number of aromatic nitrogens is 4. The van der Waals surface area contributed by atoms with Gasteiger partial charge in [0.1, 0.15) is 12.1 Å². The lowest BCUT2D eigenvalue weighted by Crippen LogP contribution is -2.22. The number of carbonyl (C=O) groups excluding carboxylic acids is 1. The fourth-order valence-electron chi connectivity index (χ4n) is 1.98.